The topological polar surface area (TPSA) is 48.4 Å². The van der Waals surface area contributed by atoms with Crippen molar-refractivity contribution in [3.8, 4) is 5.75 Å². The fraction of sp³-hybridized carbons (Fsp3) is 0.308. The van der Waals surface area contributed by atoms with Crippen molar-refractivity contribution in [2.75, 3.05) is 0 Å². The summed E-state index contributed by atoms with van der Waals surface area (Å²) in [5, 5.41) is 10.7. The number of fused-ring (bicyclic) bond motifs is 3. The Balaban J connectivity index is 2.19. The second kappa shape index (κ2) is 3.37. The smallest absolute Gasteiger partial charge is 0.116 e. The first kappa shape index (κ1) is 9.46. The Kier molecular flexibility index (Phi) is 1.99. The van der Waals surface area contributed by atoms with Gasteiger partial charge in [-0.3, -0.25) is 4.99 Å². The van der Waals surface area contributed by atoms with Crippen molar-refractivity contribution in [1.29, 1.82) is 0 Å². The van der Waals surface area contributed by atoms with Crippen molar-refractivity contribution in [3.05, 3.63) is 29.5 Å². The Hall–Kier alpha value is -1.77. The molecule has 1 aromatic carbocycles. The summed E-state index contributed by atoms with van der Waals surface area (Å²) < 4.78 is 0. The van der Waals surface area contributed by atoms with Crippen LogP contribution in [0.5, 0.6) is 5.75 Å². The number of hydrogen-bond acceptors (Lipinski definition) is 2. The van der Waals surface area contributed by atoms with Crippen LogP contribution in [-0.4, -0.2) is 22.8 Å². The van der Waals surface area contributed by atoms with E-state index in [2.05, 4.69) is 16.7 Å². The average molecular weight is 214 g/mol. The van der Waals surface area contributed by atoms with Crippen molar-refractivity contribution >= 4 is 17.6 Å². The van der Waals surface area contributed by atoms with Crippen LogP contribution in [0.4, 0.5) is 0 Å². The zero-order valence-corrected chi connectivity index (χ0v) is 9.03. The Morgan fingerprint density at radius 1 is 1.44 bits per heavy atom. The average Bonchev–Trinajstić information content (AvgIpc) is 2.66. The number of nitrogens with zero attached hydrogens (tertiary/aromatic N) is 1. The van der Waals surface area contributed by atoms with Gasteiger partial charge in [-0.25, -0.2) is 0 Å². The number of phenols is 1. The molecular weight excluding hydrogens is 200 g/mol. The SMILES string of the molecule is C=NC1CCc2[nH]c3ccc(O)cc3c2C1. The molecule has 1 heterocycles. The molecule has 0 fully saturated rings. The van der Waals surface area contributed by atoms with E-state index in [1.54, 1.807) is 6.07 Å². The van der Waals surface area contributed by atoms with Gasteiger partial charge in [0.2, 0.25) is 0 Å². The molecule has 16 heavy (non-hydrogen) atoms. The number of aromatic amines is 1. The van der Waals surface area contributed by atoms with E-state index in [9.17, 15) is 5.11 Å². The van der Waals surface area contributed by atoms with Crippen molar-refractivity contribution in [2.24, 2.45) is 4.99 Å². The lowest BCUT2D eigenvalue weighted by Gasteiger charge is -2.18. The van der Waals surface area contributed by atoms with Gasteiger partial charge in [0.25, 0.3) is 0 Å². The molecule has 3 rings (SSSR count). The Bertz CT molecular complexity index is 556. The predicted molar refractivity (Wildman–Crippen MR) is 65.3 cm³/mol. The molecule has 0 amide bonds. The quantitative estimate of drug-likeness (QED) is 0.704. The molecule has 1 aromatic heterocycles. The summed E-state index contributed by atoms with van der Waals surface area (Å²) in [5.41, 5.74) is 3.70. The van der Waals surface area contributed by atoms with E-state index in [0.717, 1.165) is 30.2 Å². The van der Waals surface area contributed by atoms with E-state index in [1.165, 1.54) is 11.3 Å². The zero-order chi connectivity index (χ0) is 11.1. The van der Waals surface area contributed by atoms with Gasteiger partial charge in [-0.05, 0) is 49.7 Å². The highest BCUT2D eigenvalue weighted by atomic mass is 16.3. The van der Waals surface area contributed by atoms with E-state index in [-0.39, 0.29) is 0 Å². The van der Waals surface area contributed by atoms with Gasteiger partial charge in [0.15, 0.2) is 0 Å². The molecular formula is C13H14N2O. The van der Waals surface area contributed by atoms with Crippen LogP contribution in [-0.2, 0) is 12.8 Å². The maximum absolute atomic E-state index is 9.52. The molecule has 1 atom stereocenters. The van der Waals surface area contributed by atoms with E-state index < -0.39 is 0 Å². The molecule has 3 nitrogen and oxygen atoms in total. The number of phenolic OH excluding ortho intramolecular Hbond substituents is 1. The molecule has 2 aromatic rings. The number of aryl methyl sites for hydroxylation is 1. The number of H-pyrrole nitrogens is 1. The largest absolute Gasteiger partial charge is 0.508 e. The molecule has 0 saturated carbocycles. The molecule has 0 bridgehead atoms. The summed E-state index contributed by atoms with van der Waals surface area (Å²) in [5.74, 6) is 0.322. The zero-order valence-electron chi connectivity index (χ0n) is 9.03. The molecule has 82 valence electrons. The first-order chi connectivity index (χ1) is 7.78. The Labute approximate surface area is 93.8 Å². The van der Waals surface area contributed by atoms with Gasteiger partial charge in [-0.1, -0.05) is 0 Å². The van der Waals surface area contributed by atoms with E-state index in [1.807, 2.05) is 12.1 Å². The van der Waals surface area contributed by atoms with Gasteiger partial charge in [0, 0.05) is 16.6 Å². The number of hydrogen-bond donors (Lipinski definition) is 2. The lowest BCUT2D eigenvalue weighted by Crippen LogP contribution is -2.16. The molecule has 0 aliphatic heterocycles. The van der Waals surface area contributed by atoms with Crippen LogP contribution in [0.2, 0.25) is 0 Å². The minimum absolute atomic E-state index is 0.322. The third-order valence-electron chi connectivity index (χ3n) is 3.40. The maximum Gasteiger partial charge on any atom is 0.116 e. The highest BCUT2D eigenvalue weighted by Crippen LogP contribution is 2.31. The van der Waals surface area contributed by atoms with E-state index in [0.29, 0.717) is 11.8 Å². The second-order valence-electron chi connectivity index (χ2n) is 4.39. The molecule has 1 aliphatic rings. The van der Waals surface area contributed by atoms with Crippen molar-refractivity contribution in [3.63, 3.8) is 0 Å². The first-order valence-corrected chi connectivity index (χ1v) is 5.56. The molecule has 3 heteroatoms. The minimum atomic E-state index is 0.322. The third-order valence-corrected chi connectivity index (χ3v) is 3.40. The lowest BCUT2D eigenvalue weighted by molar-refractivity contribution is 0.476. The number of aliphatic imine (C=N–C) groups is 1. The van der Waals surface area contributed by atoms with Gasteiger partial charge in [-0.2, -0.15) is 0 Å². The number of benzene rings is 1. The van der Waals surface area contributed by atoms with Crippen molar-refractivity contribution in [2.45, 2.75) is 25.3 Å². The summed E-state index contributed by atoms with van der Waals surface area (Å²) in [6, 6.07) is 5.80. The maximum atomic E-state index is 9.52. The molecule has 0 saturated heterocycles. The minimum Gasteiger partial charge on any atom is -0.508 e. The standard InChI is InChI=1S/C13H14N2O/c1-14-8-2-4-12-10(6-8)11-7-9(16)3-5-13(11)15-12/h3,5,7-8,15-16H,1-2,4,6H2. The van der Waals surface area contributed by atoms with Gasteiger partial charge >= 0.3 is 0 Å². The lowest BCUT2D eigenvalue weighted by atomic mass is 9.92. The molecule has 0 spiro atoms. The summed E-state index contributed by atoms with van der Waals surface area (Å²) in [6.45, 7) is 3.63. The third kappa shape index (κ3) is 1.32. The van der Waals surface area contributed by atoms with Crippen LogP contribution in [0, 0.1) is 0 Å². The van der Waals surface area contributed by atoms with Crippen LogP contribution in [0.15, 0.2) is 23.2 Å². The van der Waals surface area contributed by atoms with Crippen LogP contribution in [0.25, 0.3) is 10.9 Å². The number of aromatic hydroxyl groups is 1. The summed E-state index contributed by atoms with van der Waals surface area (Å²) in [7, 11) is 0. The normalized spacial score (nSPS) is 19.6. The molecule has 0 radical (unpaired) electrons. The van der Waals surface area contributed by atoms with Crippen LogP contribution >= 0.6 is 0 Å². The molecule has 2 N–H and O–H groups in total. The van der Waals surface area contributed by atoms with Crippen molar-refractivity contribution in [1.82, 2.24) is 4.98 Å². The van der Waals surface area contributed by atoms with Gasteiger partial charge < -0.3 is 10.1 Å². The Morgan fingerprint density at radius 3 is 3.12 bits per heavy atom. The van der Waals surface area contributed by atoms with Crippen LogP contribution in [0.3, 0.4) is 0 Å². The molecule has 1 unspecified atom stereocenters. The second-order valence-corrected chi connectivity index (χ2v) is 4.39. The monoisotopic (exact) mass is 214 g/mol. The van der Waals surface area contributed by atoms with Crippen LogP contribution in [0.1, 0.15) is 17.7 Å². The number of aromatic nitrogens is 1. The Morgan fingerprint density at radius 2 is 2.31 bits per heavy atom. The van der Waals surface area contributed by atoms with E-state index in [4.69, 9.17) is 0 Å². The van der Waals surface area contributed by atoms with Crippen LogP contribution < -0.4 is 0 Å². The van der Waals surface area contributed by atoms with E-state index >= 15 is 0 Å². The van der Waals surface area contributed by atoms with Gasteiger partial charge in [-0.15, -0.1) is 0 Å². The van der Waals surface area contributed by atoms with Gasteiger partial charge in [0.1, 0.15) is 5.75 Å². The molecule has 1 aliphatic carbocycles. The first-order valence-electron chi connectivity index (χ1n) is 5.56. The fourth-order valence-electron chi connectivity index (χ4n) is 2.54. The van der Waals surface area contributed by atoms with Crippen molar-refractivity contribution < 1.29 is 5.11 Å². The predicted octanol–water partition coefficient (Wildman–Crippen LogP) is 2.43. The number of rotatable bonds is 1. The highest BCUT2D eigenvalue weighted by Gasteiger charge is 2.21. The van der Waals surface area contributed by atoms with Gasteiger partial charge in [0.05, 0.1) is 6.04 Å². The summed E-state index contributed by atoms with van der Waals surface area (Å²) >= 11 is 0. The summed E-state index contributed by atoms with van der Waals surface area (Å²) in [6.07, 6.45) is 3.02. The number of nitrogens with one attached hydrogen (secondary N) is 1. The summed E-state index contributed by atoms with van der Waals surface area (Å²) in [4.78, 5) is 7.54. The highest BCUT2D eigenvalue weighted by molar-refractivity contribution is 5.86. The fourth-order valence-corrected chi connectivity index (χ4v) is 2.54.